The lowest BCUT2D eigenvalue weighted by Gasteiger charge is -2.41. The molecule has 0 radical (unpaired) electrons. The van der Waals surface area contributed by atoms with Crippen LogP contribution in [0.25, 0.3) is 0 Å². The van der Waals surface area contributed by atoms with Gasteiger partial charge in [0.25, 0.3) is 0 Å². The lowest BCUT2D eigenvalue weighted by molar-refractivity contribution is -0.434. The van der Waals surface area contributed by atoms with Gasteiger partial charge in [0, 0.05) is 0 Å². The molecule has 0 rings (SSSR count). The van der Waals surface area contributed by atoms with Gasteiger partial charge in [-0.05, 0) is 6.92 Å². The van der Waals surface area contributed by atoms with Gasteiger partial charge < -0.3 is 39.4 Å². The van der Waals surface area contributed by atoms with Crippen LogP contribution in [0.3, 0.4) is 0 Å². The van der Waals surface area contributed by atoms with Crippen LogP contribution in [0.2, 0.25) is 0 Å². The van der Waals surface area contributed by atoms with Gasteiger partial charge in [0.2, 0.25) is 5.60 Å². The molecule has 4 N–H and O–H groups in total. The molecule has 0 saturated carbocycles. The topological polar surface area (TPSA) is 142 Å². The Kier molecular flexibility index (Phi) is 10.4. The predicted octanol–water partition coefficient (Wildman–Crippen LogP) is -2.04. The summed E-state index contributed by atoms with van der Waals surface area (Å²) in [4.78, 5) is 0. The van der Waals surface area contributed by atoms with E-state index in [1.54, 1.807) is 0 Å². The van der Waals surface area contributed by atoms with Gasteiger partial charge in [-0.1, -0.05) is 0 Å². The molecule has 0 aliphatic rings. The number of aliphatic hydroxyl groups excluding tert-OH is 4. The summed E-state index contributed by atoms with van der Waals surface area (Å²) in [6.45, 7) is -0.984. The lowest BCUT2D eigenvalue weighted by Crippen LogP contribution is -2.60. The van der Waals surface area contributed by atoms with Crippen molar-refractivity contribution in [2.24, 2.45) is 0 Å². The van der Waals surface area contributed by atoms with Gasteiger partial charge in [-0.2, -0.15) is 5.26 Å². The first-order chi connectivity index (χ1) is 10.1. The maximum Gasteiger partial charge on any atom is 0.328 e. The van der Waals surface area contributed by atoms with Gasteiger partial charge in [0.05, 0.1) is 52.9 Å². The molecule has 0 bridgehead atoms. The number of hydrogen-bond donors (Lipinski definition) is 4. The van der Waals surface area contributed by atoms with Crippen molar-refractivity contribution in [1.82, 2.24) is 0 Å². The molecule has 0 saturated heterocycles. The molecular weight excluding hydrogens is 286 g/mol. The number of ether oxygens (including phenoxy) is 4. The molecule has 0 aromatic heterocycles. The van der Waals surface area contributed by atoms with Crippen LogP contribution in [0.15, 0.2) is 0 Å². The van der Waals surface area contributed by atoms with Crippen LogP contribution in [0.5, 0.6) is 0 Å². The second-order valence-corrected chi connectivity index (χ2v) is 3.99. The highest BCUT2D eigenvalue weighted by atomic mass is 16.9. The second-order valence-electron chi connectivity index (χ2n) is 3.99. The maximum absolute atomic E-state index is 9.36. The zero-order valence-electron chi connectivity index (χ0n) is 12.0. The molecule has 0 spiro atoms. The first kappa shape index (κ1) is 20.2. The summed E-state index contributed by atoms with van der Waals surface area (Å²) in [6, 6.07) is 1.83. The Morgan fingerprint density at radius 2 is 1.10 bits per heavy atom. The maximum atomic E-state index is 9.36. The molecule has 9 nitrogen and oxygen atoms in total. The minimum absolute atomic E-state index is 0.181. The van der Waals surface area contributed by atoms with E-state index in [1.807, 2.05) is 6.07 Å². The third kappa shape index (κ3) is 5.82. The Morgan fingerprint density at radius 1 is 0.762 bits per heavy atom. The molecule has 21 heavy (non-hydrogen) atoms. The van der Waals surface area contributed by atoms with Crippen molar-refractivity contribution in [2.45, 2.75) is 18.5 Å². The molecule has 0 aromatic carbocycles. The Labute approximate surface area is 123 Å². The van der Waals surface area contributed by atoms with Crippen molar-refractivity contribution < 1.29 is 39.4 Å². The first-order valence-corrected chi connectivity index (χ1v) is 6.46. The summed E-state index contributed by atoms with van der Waals surface area (Å²) in [5, 5.41) is 44.9. The highest BCUT2D eigenvalue weighted by Gasteiger charge is 2.55. The van der Waals surface area contributed by atoms with Crippen LogP contribution in [-0.2, 0) is 18.9 Å². The number of rotatable bonds is 13. The number of nitriles is 1. The third-order valence-corrected chi connectivity index (χ3v) is 2.43. The largest absolute Gasteiger partial charge is 0.394 e. The number of aliphatic hydroxyl groups is 4. The molecule has 0 amide bonds. The van der Waals surface area contributed by atoms with Crippen molar-refractivity contribution in [1.29, 1.82) is 5.26 Å². The molecule has 0 aromatic rings. The summed E-state index contributed by atoms with van der Waals surface area (Å²) in [5.74, 6) is -2.06. The van der Waals surface area contributed by atoms with Crippen molar-refractivity contribution in [3.05, 3.63) is 0 Å². The summed E-state index contributed by atoms with van der Waals surface area (Å²) in [6.07, 6.45) is 0. The van der Waals surface area contributed by atoms with Gasteiger partial charge in [-0.25, -0.2) is 0 Å². The van der Waals surface area contributed by atoms with E-state index in [2.05, 4.69) is 0 Å². The zero-order chi connectivity index (χ0) is 16.2. The summed E-state index contributed by atoms with van der Waals surface area (Å²) >= 11 is 0. The van der Waals surface area contributed by atoms with Gasteiger partial charge in [-0.15, -0.1) is 0 Å². The van der Waals surface area contributed by atoms with E-state index >= 15 is 0 Å². The zero-order valence-corrected chi connectivity index (χ0v) is 12.0. The van der Waals surface area contributed by atoms with Crippen molar-refractivity contribution in [3.63, 3.8) is 0 Å². The Morgan fingerprint density at radius 3 is 1.38 bits per heavy atom. The quantitative estimate of drug-likeness (QED) is 0.283. The number of hydrogen-bond acceptors (Lipinski definition) is 9. The SMILES string of the molecule is CC(C#N)(OCCO)C(OCCO)(OCCO)OCCO. The minimum Gasteiger partial charge on any atom is -0.394 e. The predicted molar refractivity (Wildman–Crippen MR) is 68.9 cm³/mol. The molecule has 0 fully saturated rings. The number of nitrogens with zero attached hydrogens (tertiary/aromatic N) is 1. The summed E-state index contributed by atoms with van der Waals surface area (Å²) in [5.41, 5.74) is -1.80. The van der Waals surface area contributed by atoms with Crippen molar-refractivity contribution >= 4 is 0 Å². The lowest BCUT2D eigenvalue weighted by atomic mass is 10.1. The highest BCUT2D eigenvalue weighted by molar-refractivity contribution is 5.06. The van der Waals surface area contributed by atoms with Crippen LogP contribution in [0, 0.1) is 11.3 Å². The fourth-order valence-corrected chi connectivity index (χ4v) is 1.52. The Balaban J connectivity index is 5.37. The normalized spacial score (nSPS) is 14.7. The van der Waals surface area contributed by atoms with Crippen LogP contribution in [-0.4, -0.2) is 84.9 Å². The van der Waals surface area contributed by atoms with E-state index < -0.39 is 11.6 Å². The van der Waals surface area contributed by atoms with Crippen LogP contribution in [0.1, 0.15) is 6.92 Å². The van der Waals surface area contributed by atoms with Crippen molar-refractivity contribution in [2.75, 3.05) is 52.9 Å². The van der Waals surface area contributed by atoms with E-state index in [-0.39, 0.29) is 52.9 Å². The monoisotopic (exact) mass is 309 g/mol. The Hall–Kier alpha value is -0.830. The fraction of sp³-hybridized carbons (Fsp3) is 0.917. The first-order valence-electron chi connectivity index (χ1n) is 6.46. The molecule has 0 aliphatic carbocycles. The molecule has 1 atom stereocenters. The third-order valence-electron chi connectivity index (χ3n) is 2.43. The minimum atomic E-state index is -2.06. The van der Waals surface area contributed by atoms with Crippen molar-refractivity contribution in [3.8, 4) is 6.07 Å². The van der Waals surface area contributed by atoms with Gasteiger partial charge >= 0.3 is 5.97 Å². The van der Waals surface area contributed by atoms with E-state index in [4.69, 9.17) is 39.4 Å². The van der Waals surface area contributed by atoms with Crippen LogP contribution < -0.4 is 0 Å². The molecule has 1 unspecified atom stereocenters. The Bertz CT molecular complexity index is 286. The molecule has 0 aliphatic heterocycles. The average Bonchev–Trinajstić information content (AvgIpc) is 2.52. The highest BCUT2D eigenvalue weighted by Crippen LogP contribution is 2.32. The second kappa shape index (κ2) is 10.8. The van der Waals surface area contributed by atoms with E-state index in [1.165, 1.54) is 6.92 Å². The molecule has 124 valence electrons. The summed E-state index contributed by atoms with van der Waals surface area (Å²) in [7, 11) is 0. The van der Waals surface area contributed by atoms with Gasteiger partial charge in [0.1, 0.15) is 6.07 Å². The smallest absolute Gasteiger partial charge is 0.328 e. The van der Waals surface area contributed by atoms with E-state index in [0.717, 1.165) is 0 Å². The molecular formula is C12H23NO8. The van der Waals surface area contributed by atoms with Gasteiger partial charge in [-0.3, -0.25) is 0 Å². The van der Waals surface area contributed by atoms with E-state index in [0.29, 0.717) is 0 Å². The van der Waals surface area contributed by atoms with E-state index in [9.17, 15) is 5.26 Å². The van der Waals surface area contributed by atoms with Crippen LogP contribution in [0.4, 0.5) is 0 Å². The fourth-order valence-electron chi connectivity index (χ4n) is 1.52. The van der Waals surface area contributed by atoms with Gasteiger partial charge in [0.15, 0.2) is 0 Å². The molecule has 9 heteroatoms. The molecule has 0 heterocycles. The van der Waals surface area contributed by atoms with Crippen LogP contribution >= 0.6 is 0 Å². The average molecular weight is 309 g/mol. The standard InChI is InChI=1S/C12H23NO8/c1-11(10-13,18-6-2-14)12(19-7-3-15,20-8-4-16)21-9-5-17/h14-17H,2-9H2,1H3. The summed E-state index contributed by atoms with van der Waals surface area (Å²) < 4.78 is 21.1.